The van der Waals surface area contributed by atoms with Gasteiger partial charge in [-0.25, -0.2) is 9.59 Å². The SMILES string of the molecule is Cn1c(=O)n(C)c2cc([N+](=O)[O-])c(N=Nc3cc(C(C)(C)CC(C)(C)C)cc(C(C)(C)c4ccccc4)c3O)cc21.Cn1c(=O)n(C)c2cc3nn(-c4cc(C(C)(C)CC(C)(C)C)cc(C(C)(C)c5ccccc5)c4O)nc3cc21. The third kappa shape index (κ3) is 11.1. The third-order valence-corrected chi connectivity index (χ3v) is 15.8. The Morgan fingerprint density at radius 3 is 1.27 bits per heavy atom. The van der Waals surface area contributed by atoms with Gasteiger partial charge in [0.05, 0.1) is 27.0 Å². The first kappa shape index (κ1) is 58.0. The fraction of sp³-hybridized carbons (Fsp3) is 0.406. The first-order valence-electron chi connectivity index (χ1n) is 27.1. The molecule has 2 N–H and O–H groups in total. The highest BCUT2D eigenvalue weighted by molar-refractivity contribution is 5.91. The van der Waals surface area contributed by atoms with Gasteiger partial charge in [0.25, 0.3) is 5.69 Å². The molecule has 9 rings (SSSR count). The number of benzene rings is 6. The van der Waals surface area contributed by atoms with E-state index in [1.165, 1.54) is 26.1 Å². The summed E-state index contributed by atoms with van der Waals surface area (Å²) in [6, 6.07) is 34.8. The number of hydrogen-bond acceptors (Lipinski definition) is 10. The number of nitro groups is 1. The lowest BCUT2D eigenvalue weighted by Crippen LogP contribution is -2.27. The molecule has 0 amide bonds. The Kier molecular flexibility index (Phi) is 14.9. The van der Waals surface area contributed by atoms with Crippen molar-refractivity contribution >= 4 is 50.2 Å². The second-order valence-corrected chi connectivity index (χ2v) is 26.4. The first-order valence-corrected chi connectivity index (χ1v) is 27.1. The van der Waals surface area contributed by atoms with Crippen LogP contribution in [-0.4, -0.2) is 48.4 Å². The van der Waals surface area contributed by atoms with Crippen molar-refractivity contribution in [1.29, 1.82) is 0 Å². The van der Waals surface area contributed by atoms with Crippen LogP contribution in [0.3, 0.4) is 0 Å². The van der Waals surface area contributed by atoms with E-state index >= 15 is 0 Å². The molecule has 9 aromatic rings. The van der Waals surface area contributed by atoms with E-state index in [-0.39, 0.29) is 61.6 Å². The van der Waals surface area contributed by atoms with Crippen LogP contribution in [0.2, 0.25) is 0 Å². The molecule has 16 nitrogen and oxygen atoms in total. The summed E-state index contributed by atoms with van der Waals surface area (Å²) in [6.07, 6.45) is 1.83. The molecule has 420 valence electrons. The van der Waals surface area contributed by atoms with E-state index in [9.17, 15) is 29.9 Å². The van der Waals surface area contributed by atoms with Crippen LogP contribution in [0, 0.1) is 20.9 Å². The number of azo groups is 1. The van der Waals surface area contributed by atoms with E-state index in [1.807, 2.05) is 92.7 Å². The summed E-state index contributed by atoms with van der Waals surface area (Å²) >= 11 is 0. The van der Waals surface area contributed by atoms with Gasteiger partial charge in [0.2, 0.25) is 0 Å². The summed E-state index contributed by atoms with van der Waals surface area (Å²) in [5.74, 6) is 0.130. The van der Waals surface area contributed by atoms with Gasteiger partial charge in [0, 0.05) is 56.2 Å². The monoisotopic (exact) mass is 1080 g/mol. The number of nitrogens with zero attached hydrogens (tertiary/aromatic N) is 10. The lowest BCUT2D eigenvalue weighted by molar-refractivity contribution is -0.384. The fourth-order valence-electron chi connectivity index (χ4n) is 12.0. The maximum Gasteiger partial charge on any atom is 0.328 e. The number of nitro benzene ring substituents is 1. The van der Waals surface area contributed by atoms with Gasteiger partial charge in [0.15, 0.2) is 5.69 Å². The van der Waals surface area contributed by atoms with E-state index in [2.05, 4.69) is 112 Å². The fourth-order valence-corrected chi connectivity index (χ4v) is 12.0. The molecule has 6 aromatic carbocycles. The van der Waals surface area contributed by atoms with Gasteiger partial charge >= 0.3 is 11.4 Å². The van der Waals surface area contributed by atoms with Gasteiger partial charge in [-0.05, 0) is 87.1 Å². The minimum Gasteiger partial charge on any atom is -0.505 e. The summed E-state index contributed by atoms with van der Waals surface area (Å²) in [5.41, 5.74) is 8.33. The van der Waals surface area contributed by atoms with E-state index in [4.69, 9.17) is 10.2 Å². The number of phenols is 2. The van der Waals surface area contributed by atoms with Crippen molar-refractivity contribution in [2.45, 2.75) is 131 Å². The van der Waals surface area contributed by atoms with Crippen molar-refractivity contribution in [2.24, 2.45) is 49.2 Å². The summed E-state index contributed by atoms with van der Waals surface area (Å²) in [6.45, 7) is 30.6. The predicted molar refractivity (Wildman–Crippen MR) is 321 cm³/mol. The average molecular weight is 1080 g/mol. The molecule has 3 heterocycles. The smallest absolute Gasteiger partial charge is 0.328 e. The molecule has 0 saturated heterocycles. The number of phenolic OH excluding ortho intramolecular Hbond substituents is 2. The highest BCUT2D eigenvalue weighted by atomic mass is 16.6. The molecule has 0 unspecified atom stereocenters. The quantitative estimate of drug-likeness (QED) is 0.0685. The maximum absolute atomic E-state index is 12.5. The average Bonchev–Trinajstić information content (AvgIpc) is 3.95. The lowest BCUT2D eigenvalue weighted by Gasteiger charge is -2.35. The van der Waals surface area contributed by atoms with E-state index in [0.717, 1.165) is 51.7 Å². The number of aromatic hydroxyl groups is 2. The lowest BCUT2D eigenvalue weighted by atomic mass is 9.70. The van der Waals surface area contributed by atoms with Crippen LogP contribution in [0.15, 0.2) is 129 Å². The molecule has 16 heteroatoms. The van der Waals surface area contributed by atoms with Gasteiger partial charge in [-0.1, -0.05) is 170 Å². The van der Waals surface area contributed by atoms with E-state index < -0.39 is 15.8 Å². The van der Waals surface area contributed by atoms with Crippen LogP contribution < -0.4 is 11.4 Å². The Morgan fingerprint density at radius 1 is 0.487 bits per heavy atom. The molecule has 0 aliphatic carbocycles. The van der Waals surface area contributed by atoms with Crippen molar-refractivity contribution in [3.05, 3.63) is 174 Å². The molecule has 0 spiro atoms. The van der Waals surface area contributed by atoms with E-state index in [0.29, 0.717) is 33.3 Å². The highest BCUT2D eigenvalue weighted by Crippen LogP contribution is 2.48. The van der Waals surface area contributed by atoms with E-state index in [1.54, 1.807) is 37.3 Å². The van der Waals surface area contributed by atoms with Crippen LogP contribution in [0.1, 0.15) is 143 Å². The number of aromatic nitrogens is 7. The number of fused-ring (bicyclic) bond motifs is 3. The van der Waals surface area contributed by atoms with Gasteiger partial charge in [-0.15, -0.1) is 25.2 Å². The zero-order valence-corrected chi connectivity index (χ0v) is 49.8. The molecule has 80 heavy (non-hydrogen) atoms. The predicted octanol–water partition coefficient (Wildman–Crippen LogP) is 14.3. The summed E-state index contributed by atoms with van der Waals surface area (Å²) < 4.78 is 5.99. The molecular formula is C64H78N10O6. The molecule has 0 aliphatic heterocycles. The van der Waals surface area contributed by atoms with Gasteiger partial charge in [-0.2, -0.15) is 0 Å². The maximum atomic E-state index is 12.5. The van der Waals surface area contributed by atoms with Gasteiger partial charge in [-0.3, -0.25) is 28.4 Å². The highest BCUT2D eigenvalue weighted by Gasteiger charge is 2.36. The molecule has 3 aromatic heterocycles. The topological polar surface area (TPSA) is 193 Å². The van der Waals surface area contributed by atoms with Crippen molar-refractivity contribution in [2.75, 3.05) is 0 Å². The zero-order valence-electron chi connectivity index (χ0n) is 49.8. The van der Waals surface area contributed by atoms with Crippen molar-refractivity contribution < 1.29 is 15.1 Å². The minimum absolute atomic E-state index is 0.00803. The molecule has 0 atom stereocenters. The summed E-state index contributed by atoms with van der Waals surface area (Å²) in [5, 5.41) is 53.6. The second-order valence-electron chi connectivity index (χ2n) is 26.4. The molecule has 0 radical (unpaired) electrons. The van der Waals surface area contributed by atoms with Crippen molar-refractivity contribution in [1.82, 2.24) is 33.3 Å². The number of rotatable bonds is 12. The number of imidazole rings is 2. The van der Waals surface area contributed by atoms with Gasteiger partial charge < -0.3 is 10.2 Å². The zero-order chi connectivity index (χ0) is 59.0. The molecule has 0 bridgehead atoms. The Balaban J connectivity index is 0.000000210. The van der Waals surface area contributed by atoms with Crippen molar-refractivity contribution in [3.8, 4) is 17.2 Å². The first-order chi connectivity index (χ1) is 37.0. The Hall–Kier alpha value is -8.14. The summed E-state index contributed by atoms with van der Waals surface area (Å²) in [7, 11) is 6.67. The molecule has 0 fully saturated rings. The van der Waals surface area contributed by atoms with Crippen LogP contribution in [0.4, 0.5) is 17.1 Å². The van der Waals surface area contributed by atoms with Crippen molar-refractivity contribution in [3.63, 3.8) is 0 Å². The Labute approximate surface area is 468 Å². The number of hydrogen-bond donors (Lipinski definition) is 2. The molecule has 0 saturated carbocycles. The molecular weight excluding hydrogens is 1000 g/mol. The van der Waals surface area contributed by atoms with Gasteiger partial charge in [0.1, 0.15) is 33.9 Å². The largest absolute Gasteiger partial charge is 0.505 e. The third-order valence-electron chi connectivity index (χ3n) is 15.8. The normalized spacial score (nSPS) is 13.0. The number of aryl methyl sites for hydroxylation is 4. The van der Waals surface area contributed by atoms with Crippen LogP contribution >= 0.6 is 0 Å². The van der Waals surface area contributed by atoms with Crippen LogP contribution in [0.5, 0.6) is 11.5 Å². The van der Waals surface area contributed by atoms with Crippen LogP contribution in [-0.2, 0) is 49.9 Å². The second kappa shape index (κ2) is 20.5. The van der Waals surface area contributed by atoms with Crippen LogP contribution in [0.25, 0.3) is 38.8 Å². The Bertz CT molecular complexity index is 3940. The summed E-state index contributed by atoms with van der Waals surface area (Å²) in [4.78, 5) is 37.9. The minimum atomic E-state index is -0.573. The molecule has 0 aliphatic rings. The standard InChI is InChI=1S/C32H39N5O4.C32H39N5O2/c1-30(2,3)19-31(4,5)21-15-22(32(6,7)20-13-11-10-12-14-20)28(38)24(16-21)34-33-23-17-26-27(18-25(23)37(40)41)36(9)29(39)35(26)8;1-30(2,3)19-31(4,5)21-15-22(32(6,7)20-13-11-10-12-14-20)28(38)27(16-21)37-33-23-17-25-26(18-24(23)34-37)36(9)29(39)35(25)8/h10-18,38H,19H2,1-9H3;10-18,38H,19H2,1-9H3. The Morgan fingerprint density at radius 2 is 0.863 bits per heavy atom.